The van der Waals surface area contributed by atoms with Gasteiger partial charge < -0.3 is 0 Å². The van der Waals surface area contributed by atoms with E-state index >= 15 is 0 Å². The second-order valence-corrected chi connectivity index (χ2v) is 5.24. The van der Waals surface area contributed by atoms with Gasteiger partial charge in [-0.15, -0.1) is 11.3 Å². The van der Waals surface area contributed by atoms with E-state index in [1.165, 1.54) is 11.3 Å². The van der Waals surface area contributed by atoms with Crippen molar-refractivity contribution in [1.82, 2.24) is 15.3 Å². The number of thiazole rings is 1. The van der Waals surface area contributed by atoms with Crippen molar-refractivity contribution in [2.24, 2.45) is 0 Å². The Morgan fingerprint density at radius 3 is 3.00 bits per heavy atom. The summed E-state index contributed by atoms with van der Waals surface area (Å²) in [6.45, 7) is 1.63. The van der Waals surface area contributed by atoms with Gasteiger partial charge in [0.2, 0.25) is 0 Å². The van der Waals surface area contributed by atoms with Gasteiger partial charge in [0, 0.05) is 10.9 Å². The summed E-state index contributed by atoms with van der Waals surface area (Å²) in [5.74, 6) is -0.426. The van der Waals surface area contributed by atoms with Gasteiger partial charge in [0.25, 0.3) is 5.91 Å². The van der Waals surface area contributed by atoms with Crippen molar-refractivity contribution in [1.29, 1.82) is 5.26 Å². The molecule has 1 aromatic carbocycles. The third-order valence-electron chi connectivity index (χ3n) is 2.88. The molecule has 2 heterocycles. The topological polar surface area (TPSA) is 105 Å². The minimum absolute atomic E-state index is 0.128. The van der Waals surface area contributed by atoms with Crippen LogP contribution in [0.2, 0.25) is 0 Å². The molecule has 7 nitrogen and oxygen atoms in total. The van der Waals surface area contributed by atoms with Gasteiger partial charge in [-0.2, -0.15) is 5.26 Å². The fourth-order valence-electron chi connectivity index (χ4n) is 1.81. The van der Waals surface area contributed by atoms with Crippen molar-refractivity contribution < 1.29 is 9.42 Å². The van der Waals surface area contributed by atoms with Gasteiger partial charge in [-0.3, -0.25) is 10.1 Å². The molecule has 0 atom stereocenters. The maximum absolute atomic E-state index is 12.0. The van der Waals surface area contributed by atoms with E-state index in [9.17, 15) is 4.79 Å². The third kappa shape index (κ3) is 2.70. The minimum Gasteiger partial charge on any atom is -0.296 e. The highest BCUT2D eigenvalue weighted by Gasteiger charge is 2.16. The lowest BCUT2D eigenvalue weighted by atomic mass is 10.1. The molecule has 0 bridgehead atoms. The maximum atomic E-state index is 12.0. The zero-order valence-electron chi connectivity index (χ0n) is 11.4. The predicted octanol–water partition coefficient (Wildman–Crippen LogP) is 2.63. The smallest absolute Gasteiger partial charge is 0.281 e. The Bertz CT molecular complexity index is 877. The number of nitriles is 1. The lowest BCUT2D eigenvalue weighted by Gasteiger charge is -1.98. The van der Waals surface area contributed by atoms with E-state index in [2.05, 4.69) is 31.3 Å². The molecule has 22 heavy (non-hydrogen) atoms. The predicted molar refractivity (Wildman–Crippen MR) is 79.3 cm³/mol. The molecule has 0 fully saturated rings. The molecule has 3 aromatic rings. The van der Waals surface area contributed by atoms with Crippen LogP contribution in [0.15, 0.2) is 34.3 Å². The van der Waals surface area contributed by atoms with Crippen molar-refractivity contribution in [2.75, 3.05) is 5.32 Å². The number of anilines is 1. The summed E-state index contributed by atoms with van der Waals surface area (Å²) >= 11 is 1.28. The van der Waals surface area contributed by atoms with E-state index in [0.717, 1.165) is 5.56 Å². The first-order chi connectivity index (χ1) is 10.7. The highest BCUT2D eigenvalue weighted by Crippen LogP contribution is 2.25. The lowest BCUT2D eigenvalue weighted by Crippen LogP contribution is -2.13. The van der Waals surface area contributed by atoms with Crippen molar-refractivity contribution >= 4 is 22.4 Å². The quantitative estimate of drug-likeness (QED) is 0.797. The summed E-state index contributed by atoms with van der Waals surface area (Å²) in [5, 5.41) is 20.9. The summed E-state index contributed by atoms with van der Waals surface area (Å²) in [4.78, 5) is 16.3. The van der Waals surface area contributed by atoms with E-state index < -0.39 is 5.91 Å². The number of nitrogens with zero attached hydrogens (tertiary/aromatic N) is 4. The highest BCUT2D eigenvalue weighted by molar-refractivity contribution is 7.14. The average molecular weight is 311 g/mol. The Morgan fingerprint density at radius 2 is 2.27 bits per heavy atom. The van der Waals surface area contributed by atoms with Crippen molar-refractivity contribution in [2.45, 2.75) is 6.92 Å². The maximum Gasteiger partial charge on any atom is 0.281 e. The van der Waals surface area contributed by atoms with Gasteiger partial charge in [-0.25, -0.2) is 9.61 Å². The highest BCUT2D eigenvalue weighted by atomic mass is 32.1. The number of nitrogens with one attached hydrogen (secondary N) is 1. The molecule has 3 rings (SSSR count). The Hall–Kier alpha value is -3.05. The number of rotatable bonds is 3. The van der Waals surface area contributed by atoms with E-state index in [-0.39, 0.29) is 5.69 Å². The number of carbonyl (C=O) groups is 1. The fraction of sp³-hybridized carbons (Fsp3) is 0.0714. The number of carbonyl (C=O) groups excluding carboxylic acids is 1. The average Bonchev–Trinajstić information content (AvgIpc) is 3.16. The Morgan fingerprint density at radius 1 is 1.41 bits per heavy atom. The van der Waals surface area contributed by atoms with Crippen molar-refractivity contribution in [3.8, 4) is 17.3 Å². The van der Waals surface area contributed by atoms with Gasteiger partial charge >= 0.3 is 0 Å². The first-order valence-electron chi connectivity index (χ1n) is 6.24. The van der Waals surface area contributed by atoms with Gasteiger partial charge in [-0.1, -0.05) is 17.3 Å². The Kier molecular flexibility index (Phi) is 3.64. The molecule has 8 heteroatoms. The van der Waals surface area contributed by atoms with Crippen LogP contribution in [0, 0.1) is 18.3 Å². The molecule has 2 aromatic heterocycles. The molecule has 0 radical (unpaired) electrons. The summed E-state index contributed by atoms with van der Waals surface area (Å²) < 4.78 is 4.50. The normalized spacial score (nSPS) is 10.2. The van der Waals surface area contributed by atoms with Gasteiger partial charge in [-0.05, 0) is 24.2 Å². The van der Waals surface area contributed by atoms with Gasteiger partial charge in [0.15, 0.2) is 10.8 Å². The molecule has 0 aliphatic rings. The first-order valence-corrected chi connectivity index (χ1v) is 7.12. The van der Waals surface area contributed by atoms with Crippen LogP contribution in [0.4, 0.5) is 5.13 Å². The number of hydrogen-bond donors (Lipinski definition) is 1. The second-order valence-electron chi connectivity index (χ2n) is 4.38. The monoisotopic (exact) mass is 311 g/mol. The van der Waals surface area contributed by atoms with E-state index in [1.54, 1.807) is 30.5 Å². The minimum atomic E-state index is -0.426. The number of aromatic nitrogens is 3. The standard InChI is InChI=1S/C14H9N5O2S/c1-8-12(19-21-18-8)13(20)17-14-16-11(7-22-14)10-4-2-3-9(5-10)6-15/h2-5,7H,1H3,(H,16,17,20). The zero-order chi connectivity index (χ0) is 15.5. The second kappa shape index (κ2) is 5.75. The summed E-state index contributed by atoms with van der Waals surface area (Å²) in [7, 11) is 0. The largest absolute Gasteiger partial charge is 0.296 e. The Balaban J connectivity index is 1.81. The summed E-state index contributed by atoms with van der Waals surface area (Å²) in [6.07, 6.45) is 0. The van der Waals surface area contributed by atoms with Crippen LogP contribution in [0.5, 0.6) is 0 Å². The van der Waals surface area contributed by atoms with E-state index in [0.29, 0.717) is 22.1 Å². The zero-order valence-corrected chi connectivity index (χ0v) is 12.2. The molecule has 0 unspecified atom stereocenters. The summed E-state index contributed by atoms with van der Waals surface area (Å²) in [5.41, 5.74) is 2.60. The fourth-order valence-corrected chi connectivity index (χ4v) is 2.52. The SMILES string of the molecule is Cc1nonc1C(=O)Nc1nc(-c2cccc(C#N)c2)cs1. The van der Waals surface area contributed by atoms with Crippen LogP contribution < -0.4 is 5.32 Å². The number of benzene rings is 1. The molecule has 108 valence electrons. The molecule has 1 amide bonds. The lowest BCUT2D eigenvalue weighted by molar-refractivity contribution is 0.101. The van der Waals surface area contributed by atoms with Crippen LogP contribution in [0.3, 0.4) is 0 Å². The molecule has 0 saturated heterocycles. The summed E-state index contributed by atoms with van der Waals surface area (Å²) in [6, 6.07) is 9.19. The van der Waals surface area contributed by atoms with E-state index in [4.69, 9.17) is 5.26 Å². The number of aryl methyl sites for hydroxylation is 1. The van der Waals surface area contributed by atoms with Gasteiger partial charge in [0.1, 0.15) is 5.69 Å². The molecule has 0 spiro atoms. The number of hydrogen-bond acceptors (Lipinski definition) is 7. The molecular weight excluding hydrogens is 302 g/mol. The van der Waals surface area contributed by atoms with E-state index in [1.807, 2.05) is 6.07 Å². The van der Waals surface area contributed by atoms with Gasteiger partial charge in [0.05, 0.1) is 17.3 Å². The molecule has 0 aliphatic carbocycles. The molecular formula is C14H9N5O2S. The number of amides is 1. The van der Waals surface area contributed by atoms with Crippen LogP contribution in [-0.2, 0) is 0 Å². The molecule has 0 saturated carbocycles. The van der Waals surface area contributed by atoms with Crippen LogP contribution in [0.25, 0.3) is 11.3 Å². The molecule has 0 aliphatic heterocycles. The first kappa shape index (κ1) is 13.9. The van der Waals surface area contributed by atoms with Crippen molar-refractivity contribution in [3.63, 3.8) is 0 Å². The molecule has 1 N–H and O–H groups in total. The third-order valence-corrected chi connectivity index (χ3v) is 3.64. The van der Waals surface area contributed by atoms with Crippen LogP contribution in [0.1, 0.15) is 21.7 Å². The van der Waals surface area contributed by atoms with Crippen LogP contribution >= 0.6 is 11.3 Å². The van der Waals surface area contributed by atoms with Crippen LogP contribution in [-0.4, -0.2) is 21.2 Å². The Labute approximate surface area is 129 Å². The van der Waals surface area contributed by atoms with Crippen molar-refractivity contribution in [3.05, 3.63) is 46.6 Å².